The lowest BCUT2D eigenvalue weighted by Crippen LogP contribution is -2.63. The van der Waals surface area contributed by atoms with E-state index in [1.54, 1.807) is 5.57 Å². The van der Waals surface area contributed by atoms with Gasteiger partial charge in [-0.05, 0) is 111 Å². The largest absolute Gasteiger partial charge is 0.377 e. The van der Waals surface area contributed by atoms with Crippen LogP contribution in [0.2, 0.25) is 0 Å². The number of rotatable bonds is 3. The number of hydrogen-bond donors (Lipinski definition) is 1. The Kier molecular flexibility index (Phi) is 5.47. The van der Waals surface area contributed by atoms with Gasteiger partial charge in [-0.2, -0.15) is 0 Å². The Morgan fingerprint density at radius 3 is 2.81 bits per heavy atom. The van der Waals surface area contributed by atoms with Gasteiger partial charge in [0, 0.05) is 23.8 Å². The molecule has 0 radical (unpaired) electrons. The van der Waals surface area contributed by atoms with Crippen molar-refractivity contribution in [1.82, 2.24) is 10.3 Å². The molecule has 4 heterocycles. The van der Waals surface area contributed by atoms with E-state index in [2.05, 4.69) is 60.6 Å². The van der Waals surface area contributed by atoms with Gasteiger partial charge in [-0.3, -0.25) is 4.98 Å². The minimum absolute atomic E-state index is 0.0543. The number of hydrogen-bond acceptors (Lipinski definition) is 4. The molecule has 1 aromatic heterocycles. The van der Waals surface area contributed by atoms with Crippen molar-refractivity contribution in [3.05, 3.63) is 65.5 Å². The van der Waals surface area contributed by atoms with Gasteiger partial charge in [0.2, 0.25) is 0 Å². The predicted octanol–water partition coefficient (Wildman–Crippen LogP) is 6.61. The number of aromatic nitrogens is 1. The van der Waals surface area contributed by atoms with Gasteiger partial charge in [-0.25, -0.2) is 0 Å². The summed E-state index contributed by atoms with van der Waals surface area (Å²) < 4.78 is 12.9. The van der Waals surface area contributed by atoms with Gasteiger partial charge in [0.1, 0.15) is 0 Å². The summed E-state index contributed by atoms with van der Waals surface area (Å²) in [6, 6.07) is 9.65. The zero-order chi connectivity index (χ0) is 24.4. The smallest absolute Gasteiger partial charge is 0.0966 e. The Hall–Kier alpha value is -2.01. The molecular weight excluding hydrogens is 444 g/mol. The molecule has 5 atom stereocenters. The zero-order valence-corrected chi connectivity index (χ0v) is 21.9. The number of allylic oxidation sites excluding steroid dienone is 1. The molecule has 2 saturated heterocycles. The third-order valence-corrected chi connectivity index (χ3v) is 10.2. The van der Waals surface area contributed by atoms with Crippen molar-refractivity contribution in [2.24, 2.45) is 5.92 Å². The SMILES string of the molecule is C[C@H]1CCC(c2ccc3ccncc3c2)CC/C=C2/C=C3CCC(NC4(C)COC4)C[C@]34CC[C@@]21O4. The number of pyridine rings is 1. The molecule has 1 aromatic carbocycles. The first-order valence-electron chi connectivity index (χ1n) is 14.3. The molecule has 1 saturated carbocycles. The molecule has 4 heteroatoms. The minimum Gasteiger partial charge on any atom is -0.377 e. The first-order valence-corrected chi connectivity index (χ1v) is 14.3. The van der Waals surface area contributed by atoms with Crippen LogP contribution in [0, 0.1) is 5.92 Å². The molecule has 190 valence electrons. The lowest BCUT2D eigenvalue weighted by molar-refractivity contribution is -0.118. The Balaban J connectivity index is 1.14. The maximum Gasteiger partial charge on any atom is 0.0966 e. The lowest BCUT2D eigenvalue weighted by Gasteiger charge is -2.50. The Bertz CT molecular complexity index is 1230. The molecule has 3 aliphatic heterocycles. The monoisotopic (exact) mass is 484 g/mol. The summed E-state index contributed by atoms with van der Waals surface area (Å²) in [5, 5.41) is 6.48. The number of nitrogens with one attached hydrogen (secondary N) is 1. The molecule has 5 aliphatic rings. The van der Waals surface area contributed by atoms with Crippen LogP contribution in [0.1, 0.15) is 83.1 Å². The average molecular weight is 485 g/mol. The van der Waals surface area contributed by atoms with Crippen molar-refractivity contribution in [2.75, 3.05) is 13.2 Å². The highest BCUT2D eigenvalue weighted by atomic mass is 16.5. The van der Waals surface area contributed by atoms with Crippen molar-refractivity contribution in [1.29, 1.82) is 0 Å². The molecule has 4 nitrogen and oxygen atoms in total. The van der Waals surface area contributed by atoms with E-state index in [0.717, 1.165) is 32.5 Å². The van der Waals surface area contributed by atoms with E-state index in [-0.39, 0.29) is 16.7 Å². The van der Waals surface area contributed by atoms with Gasteiger partial charge >= 0.3 is 0 Å². The highest BCUT2D eigenvalue weighted by Gasteiger charge is 2.59. The van der Waals surface area contributed by atoms with Gasteiger partial charge in [0.25, 0.3) is 0 Å². The Morgan fingerprint density at radius 2 is 1.94 bits per heavy atom. The normalized spacial score (nSPS) is 38.9. The summed E-state index contributed by atoms with van der Waals surface area (Å²) >= 11 is 0. The van der Waals surface area contributed by atoms with Crippen molar-refractivity contribution in [3.8, 4) is 0 Å². The van der Waals surface area contributed by atoms with Crippen LogP contribution in [0.4, 0.5) is 0 Å². The molecule has 2 unspecified atom stereocenters. The average Bonchev–Trinajstić information content (AvgIpc) is 3.22. The first kappa shape index (κ1) is 23.1. The summed E-state index contributed by atoms with van der Waals surface area (Å²) in [6.07, 6.45) is 19.6. The second kappa shape index (κ2) is 8.51. The number of benzene rings is 1. The molecular formula is C32H40N2O2. The van der Waals surface area contributed by atoms with Crippen LogP contribution in [0.5, 0.6) is 0 Å². The molecule has 3 fully saturated rings. The van der Waals surface area contributed by atoms with Gasteiger partial charge in [-0.15, -0.1) is 0 Å². The van der Waals surface area contributed by atoms with Crippen LogP contribution in [0.15, 0.2) is 60.0 Å². The van der Waals surface area contributed by atoms with Crippen LogP contribution >= 0.6 is 0 Å². The summed E-state index contributed by atoms with van der Waals surface area (Å²) in [5.74, 6) is 1.12. The number of nitrogens with zero attached hydrogens (tertiary/aromatic N) is 1. The highest BCUT2D eigenvalue weighted by molar-refractivity contribution is 5.82. The Labute approximate surface area is 215 Å². The van der Waals surface area contributed by atoms with Gasteiger partial charge in [-0.1, -0.05) is 31.2 Å². The van der Waals surface area contributed by atoms with E-state index in [4.69, 9.17) is 9.47 Å². The van der Waals surface area contributed by atoms with Crippen molar-refractivity contribution in [2.45, 2.75) is 100 Å². The molecule has 7 rings (SSSR count). The van der Waals surface area contributed by atoms with Crippen LogP contribution < -0.4 is 5.32 Å². The summed E-state index contributed by atoms with van der Waals surface area (Å²) in [7, 11) is 0. The predicted molar refractivity (Wildman–Crippen MR) is 144 cm³/mol. The molecule has 0 amide bonds. The molecule has 2 bridgehead atoms. The maximum absolute atomic E-state index is 7.36. The quantitative estimate of drug-likeness (QED) is 0.532. The third kappa shape index (κ3) is 3.71. The van der Waals surface area contributed by atoms with E-state index in [1.807, 2.05) is 12.4 Å². The minimum atomic E-state index is -0.100. The van der Waals surface area contributed by atoms with Crippen LogP contribution in [0.3, 0.4) is 0 Å². The van der Waals surface area contributed by atoms with E-state index in [0.29, 0.717) is 17.9 Å². The topological polar surface area (TPSA) is 43.4 Å². The van der Waals surface area contributed by atoms with Gasteiger partial charge in [0.05, 0.1) is 30.0 Å². The van der Waals surface area contributed by atoms with Crippen LogP contribution in [-0.2, 0) is 9.47 Å². The van der Waals surface area contributed by atoms with Crippen LogP contribution in [-0.4, -0.2) is 41.0 Å². The fraction of sp³-hybridized carbons (Fsp3) is 0.594. The molecule has 2 aliphatic carbocycles. The second-order valence-corrected chi connectivity index (χ2v) is 12.7. The fourth-order valence-electron chi connectivity index (χ4n) is 8.04. The third-order valence-electron chi connectivity index (χ3n) is 10.2. The fourth-order valence-corrected chi connectivity index (χ4v) is 8.04. The number of ether oxygens (including phenoxy) is 2. The van der Waals surface area contributed by atoms with E-state index in [1.165, 1.54) is 60.4 Å². The standard InChI is InChI=1S/C32H40N2O2/c1-22-6-7-23(25-9-8-24-12-15-33-19-26(24)16-25)4-3-5-28-17-27-10-11-29(34-30(2)20-35-21-30)18-31(27)13-14-32(22,28)36-31/h5,8-9,12,15-17,19,22-23,29,34H,3-4,6-7,10-11,13-14,18,20-21H2,1-2H3/b28-5-/t22-,23?,29?,31+,32-/m0/s1. The van der Waals surface area contributed by atoms with Crippen molar-refractivity contribution in [3.63, 3.8) is 0 Å². The van der Waals surface area contributed by atoms with Gasteiger partial charge in [0.15, 0.2) is 0 Å². The molecule has 1 N–H and O–H groups in total. The molecule has 2 aromatic rings. The summed E-state index contributed by atoms with van der Waals surface area (Å²) in [6.45, 7) is 6.44. The second-order valence-electron chi connectivity index (χ2n) is 12.7. The lowest BCUT2D eigenvalue weighted by atomic mass is 9.73. The Morgan fingerprint density at radius 1 is 1.03 bits per heavy atom. The van der Waals surface area contributed by atoms with E-state index >= 15 is 0 Å². The van der Waals surface area contributed by atoms with Crippen molar-refractivity contribution >= 4 is 10.8 Å². The van der Waals surface area contributed by atoms with Gasteiger partial charge < -0.3 is 14.8 Å². The highest BCUT2D eigenvalue weighted by Crippen LogP contribution is 2.59. The molecule has 36 heavy (non-hydrogen) atoms. The first-order chi connectivity index (χ1) is 17.5. The summed E-state index contributed by atoms with van der Waals surface area (Å²) in [4.78, 5) is 4.36. The number of fused-ring (bicyclic) bond motifs is 1. The molecule has 2 spiro atoms. The van der Waals surface area contributed by atoms with E-state index < -0.39 is 0 Å². The van der Waals surface area contributed by atoms with Crippen LogP contribution in [0.25, 0.3) is 10.8 Å². The van der Waals surface area contributed by atoms with Crippen molar-refractivity contribution < 1.29 is 9.47 Å². The van der Waals surface area contributed by atoms with E-state index in [9.17, 15) is 0 Å². The maximum atomic E-state index is 7.36. The summed E-state index contributed by atoms with van der Waals surface area (Å²) in [5.41, 5.74) is 4.53. The zero-order valence-electron chi connectivity index (χ0n) is 21.9.